The van der Waals surface area contributed by atoms with Gasteiger partial charge in [0, 0.05) is 24.9 Å². The molecule has 4 aliphatic carbocycles. The standard InChI is InChI=1S/C30H46O4/c1-7-9-18-31-22(4)32-30(8-2)15-13-26-24-11-10-23-20-29(19-21(3)33-34-29)17-16-27(23,5)25(24)12-14-28(26,30)6/h2,10,21-22,24-26H,7,9,11-20H2,1,3-6H3/t21?,22?,24-,25+,26+,27+,28+,29?,30+/m1/s1. The molecule has 4 fully saturated rings. The van der Waals surface area contributed by atoms with E-state index in [-0.39, 0.29) is 28.8 Å². The summed E-state index contributed by atoms with van der Waals surface area (Å²) in [4.78, 5) is 11.5. The van der Waals surface area contributed by atoms with E-state index in [0.717, 1.165) is 57.5 Å². The topological polar surface area (TPSA) is 36.9 Å². The highest BCUT2D eigenvalue weighted by Gasteiger charge is 2.65. The molecule has 9 atom stereocenters. The van der Waals surface area contributed by atoms with E-state index in [1.165, 1.54) is 25.7 Å². The molecule has 1 saturated heterocycles. The second-order valence-electron chi connectivity index (χ2n) is 12.7. The molecule has 3 unspecified atom stereocenters. The number of fused-ring (bicyclic) bond motifs is 5. The first-order chi connectivity index (χ1) is 16.2. The molecule has 4 nitrogen and oxygen atoms in total. The Morgan fingerprint density at radius 2 is 1.97 bits per heavy atom. The van der Waals surface area contributed by atoms with Crippen LogP contribution in [0.2, 0.25) is 0 Å². The van der Waals surface area contributed by atoms with Crippen molar-refractivity contribution in [2.75, 3.05) is 6.61 Å². The third kappa shape index (κ3) is 3.73. The van der Waals surface area contributed by atoms with E-state index >= 15 is 0 Å². The van der Waals surface area contributed by atoms with Gasteiger partial charge in [0.15, 0.2) is 6.29 Å². The van der Waals surface area contributed by atoms with E-state index in [1.807, 2.05) is 6.92 Å². The van der Waals surface area contributed by atoms with Gasteiger partial charge in [0.2, 0.25) is 0 Å². The second kappa shape index (κ2) is 8.91. The largest absolute Gasteiger partial charge is 0.353 e. The van der Waals surface area contributed by atoms with Crippen molar-refractivity contribution in [1.82, 2.24) is 0 Å². The minimum Gasteiger partial charge on any atom is -0.353 e. The maximum atomic E-state index is 6.65. The van der Waals surface area contributed by atoms with Gasteiger partial charge in [0.05, 0.1) is 6.10 Å². The van der Waals surface area contributed by atoms with Gasteiger partial charge in [-0.05, 0) is 88.4 Å². The Hall–Kier alpha value is -0.860. The fourth-order valence-electron chi connectivity index (χ4n) is 8.90. The monoisotopic (exact) mass is 470 g/mol. The van der Waals surface area contributed by atoms with Crippen LogP contribution in [-0.2, 0) is 19.2 Å². The molecule has 0 aromatic heterocycles. The number of terminal acetylenes is 1. The van der Waals surface area contributed by atoms with Crippen LogP contribution in [0.5, 0.6) is 0 Å². The number of rotatable bonds is 6. The highest BCUT2D eigenvalue weighted by Crippen LogP contribution is 2.68. The third-order valence-corrected chi connectivity index (χ3v) is 10.9. The van der Waals surface area contributed by atoms with Gasteiger partial charge in [0.25, 0.3) is 0 Å². The molecule has 4 heteroatoms. The highest BCUT2D eigenvalue weighted by atomic mass is 17.2. The SMILES string of the molecule is C#C[C@]1(OC(C)OCCCC)CC[C@H]2[C@@H]3CC=C4CC5(CC[C@]4(C)[C@H]3CC[C@@]21C)CC(C)OO5. The molecule has 5 rings (SSSR count). The summed E-state index contributed by atoms with van der Waals surface area (Å²) in [6.07, 6.45) is 21.1. The van der Waals surface area contributed by atoms with Crippen LogP contribution in [0, 0.1) is 40.9 Å². The van der Waals surface area contributed by atoms with Gasteiger partial charge < -0.3 is 9.47 Å². The lowest BCUT2D eigenvalue weighted by molar-refractivity contribution is -0.329. The number of hydrogen-bond acceptors (Lipinski definition) is 4. The molecule has 1 spiro atoms. The number of ether oxygens (including phenoxy) is 2. The van der Waals surface area contributed by atoms with Crippen molar-refractivity contribution < 1.29 is 19.2 Å². The van der Waals surface area contributed by atoms with Crippen LogP contribution in [0.25, 0.3) is 0 Å². The molecule has 0 bridgehead atoms. The molecule has 0 amide bonds. The maximum absolute atomic E-state index is 6.65. The third-order valence-electron chi connectivity index (χ3n) is 10.9. The van der Waals surface area contributed by atoms with Crippen LogP contribution < -0.4 is 0 Å². The molecule has 1 heterocycles. The average molecular weight is 471 g/mol. The number of unbranched alkanes of at least 4 members (excludes halogenated alkanes) is 1. The fourth-order valence-corrected chi connectivity index (χ4v) is 8.90. The Morgan fingerprint density at radius 3 is 2.68 bits per heavy atom. The van der Waals surface area contributed by atoms with Gasteiger partial charge in [-0.25, -0.2) is 9.78 Å². The Kier molecular flexibility index (Phi) is 6.50. The van der Waals surface area contributed by atoms with Crippen molar-refractivity contribution in [3.63, 3.8) is 0 Å². The lowest BCUT2D eigenvalue weighted by Gasteiger charge is -2.59. The molecule has 1 aliphatic heterocycles. The first kappa shape index (κ1) is 24.8. The molecule has 5 aliphatic rings. The predicted octanol–water partition coefficient (Wildman–Crippen LogP) is 6.98. The molecule has 190 valence electrons. The Bertz CT molecular complexity index is 845. The molecule has 0 N–H and O–H groups in total. The fraction of sp³-hybridized carbons (Fsp3) is 0.867. The minimum absolute atomic E-state index is 0.0146. The number of hydrogen-bond donors (Lipinski definition) is 0. The number of allylic oxidation sites excluding steroid dienone is 1. The predicted molar refractivity (Wildman–Crippen MR) is 134 cm³/mol. The van der Waals surface area contributed by atoms with E-state index in [1.54, 1.807) is 5.57 Å². The first-order valence-corrected chi connectivity index (χ1v) is 14.0. The van der Waals surface area contributed by atoms with Gasteiger partial charge in [0.1, 0.15) is 11.2 Å². The second-order valence-corrected chi connectivity index (χ2v) is 12.7. The maximum Gasteiger partial charge on any atom is 0.156 e. The zero-order chi connectivity index (χ0) is 24.2. The molecule has 0 radical (unpaired) electrons. The van der Waals surface area contributed by atoms with Crippen LogP contribution in [0.15, 0.2) is 11.6 Å². The Morgan fingerprint density at radius 1 is 1.18 bits per heavy atom. The normalized spacial score (nSPS) is 48.5. The zero-order valence-electron chi connectivity index (χ0n) is 22.2. The van der Waals surface area contributed by atoms with E-state index in [0.29, 0.717) is 11.8 Å². The summed E-state index contributed by atoms with van der Waals surface area (Å²) in [6, 6.07) is 0. The van der Waals surface area contributed by atoms with Crippen molar-refractivity contribution >= 4 is 0 Å². The summed E-state index contributed by atoms with van der Waals surface area (Å²) in [5, 5.41) is 0. The molecular weight excluding hydrogens is 424 g/mol. The van der Waals surface area contributed by atoms with Crippen LogP contribution in [0.3, 0.4) is 0 Å². The molecule has 0 aromatic carbocycles. The zero-order valence-corrected chi connectivity index (χ0v) is 22.2. The summed E-state index contributed by atoms with van der Waals surface area (Å²) < 4.78 is 12.6. The van der Waals surface area contributed by atoms with Crippen molar-refractivity contribution in [2.24, 2.45) is 28.6 Å². The van der Waals surface area contributed by atoms with Crippen LogP contribution >= 0.6 is 0 Å². The smallest absolute Gasteiger partial charge is 0.156 e. The van der Waals surface area contributed by atoms with E-state index in [2.05, 4.69) is 39.7 Å². The van der Waals surface area contributed by atoms with Crippen molar-refractivity contribution in [3.8, 4) is 12.3 Å². The van der Waals surface area contributed by atoms with Crippen molar-refractivity contribution in [1.29, 1.82) is 0 Å². The first-order valence-electron chi connectivity index (χ1n) is 14.0. The van der Waals surface area contributed by atoms with Crippen molar-refractivity contribution in [2.45, 2.75) is 129 Å². The van der Waals surface area contributed by atoms with Crippen LogP contribution in [-0.4, -0.2) is 30.2 Å². The average Bonchev–Trinajstić information content (AvgIpc) is 3.32. The van der Waals surface area contributed by atoms with Crippen LogP contribution in [0.1, 0.15) is 105 Å². The summed E-state index contributed by atoms with van der Waals surface area (Å²) in [5.41, 5.74) is 1.33. The summed E-state index contributed by atoms with van der Waals surface area (Å²) >= 11 is 0. The minimum atomic E-state index is -0.513. The summed E-state index contributed by atoms with van der Waals surface area (Å²) in [6.45, 7) is 12.1. The Labute approximate surface area is 207 Å². The van der Waals surface area contributed by atoms with Gasteiger partial charge in [-0.3, -0.25) is 0 Å². The molecular formula is C30H46O4. The van der Waals surface area contributed by atoms with Gasteiger partial charge >= 0.3 is 0 Å². The summed E-state index contributed by atoms with van der Waals surface area (Å²) in [5.74, 6) is 5.22. The van der Waals surface area contributed by atoms with E-state index < -0.39 is 5.60 Å². The molecule has 3 saturated carbocycles. The highest BCUT2D eigenvalue weighted by molar-refractivity contribution is 5.30. The lowest BCUT2D eigenvalue weighted by Crippen LogP contribution is -2.56. The summed E-state index contributed by atoms with van der Waals surface area (Å²) in [7, 11) is 0. The van der Waals surface area contributed by atoms with Gasteiger partial charge in [-0.1, -0.05) is 44.8 Å². The molecule has 0 aromatic rings. The quantitative estimate of drug-likeness (QED) is 0.138. The Balaban J connectivity index is 1.35. The van der Waals surface area contributed by atoms with E-state index in [9.17, 15) is 0 Å². The van der Waals surface area contributed by atoms with Gasteiger partial charge in [-0.15, -0.1) is 6.42 Å². The van der Waals surface area contributed by atoms with Crippen molar-refractivity contribution in [3.05, 3.63) is 11.6 Å². The van der Waals surface area contributed by atoms with Gasteiger partial charge in [-0.2, -0.15) is 0 Å². The molecule has 34 heavy (non-hydrogen) atoms. The van der Waals surface area contributed by atoms with E-state index in [4.69, 9.17) is 25.7 Å². The lowest BCUT2D eigenvalue weighted by atomic mass is 9.46. The van der Waals surface area contributed by atoms with Crippen LogP contribution in [0.4, 0.5) is 0 Å².